The zero-order valence-electron chi connectivity index (χ0n) is 20.3. The van der Waals surface area contributed by atoms with E-state index >= 15 is 0 Å². The molecule has 8 heteroatoms. The van der Waals surface area contributed by atoms with Crippen LogP contribution in [0.25, 0.3) is 44.6 Å². The number of fused-ring (bicyclic) bond motifs is 5. The maximum atomic E-state index is 13.5. The molecule has 1 unspecified atom stereocenters. The number of imidazole rings is 1. The maximum Gasteiger partial charge on any atom is 0.337 e. The largest absolute Gasteiger partial charge is 0.465 e. The molecule has 3 heterocycles. The molecule has 1 aliphatic rings. The zero-order chi connectivity index (χ0) is 25.8. The number of carbonyl (C=O) groups is 2. The summed E-state index contributed by atoms with van der Waals surface area (Å²) in [6.45, 7) is 0. The average molecular weight is 500 g/mol. The van der Waals surface area contributed by atoms with Crippen LogP contribution in [0.4, 0.5) is 0 Å². The monoisotopic (exact) mass is 499 g/mol. The summed E-state index contributed by atoms with van der Waals surface area (Å²) in [5.41, 5.74) is 8.17. The average Bonchev–Trinajstić information content (AvgIpc) is 3.68. The van der Waals surface area contributed by atoms with E-state index in [1.165, 1.54) is 7.11 Å². The number of nitrogens with one attached hydrogen (secondary N) is 3. The van der Waals surface area contributed by atoms with Gasteiger partial charge in [-0.3, -0.25) is 4.79 Å². The normalized spacial score (nSPS) is 13.9. The Morgan fingerprint density at radius 1 is 0.947 bits per heavy atom. The number of esters is 1. The Bertz CT molecular complexity index is 1900. The third-order valence-corrected chi connectivity index (χ3v) is 7.09. The molecule has 3 aromatic heterocycles. The molecule has 6 aromatic rings. The lowest BCUT2D eigenvalue weighted by molar-refractivity contribution is 0.0600. The molecular weight excluding hydrogens is 478 g/mol. The number of H-pyrrole nitrogens is 2. The number of carbonyl (C=O) groups excluding carboxylic acids is 2. The number of benzene rings is 3. The van der Waals surface area contributed by atoms with Crippen molar-refractivity contribution < 1.29 is 14.3 Å². The van der Waals surface area contributed by atoms with E-state index in [4.69, 9.17) is 9.72 Å². The number of hydrogen-bond donors (Lipinski definition) is 3. The summed E-state index contributed by atoms with van der Waals surface area (Å²) in [6, 6.07) is 22.6. The van der Waals surface area contributed by atoms with E-state index in [9.17, 15) is 9.59 Å². The quantitative estimate of drug-likeness (QED) is 0.282. The van der Waals surface area contributed by atoms with Crippen molar-refractivity contribution in [2.75, 3.05) is 7.11 Å². The predicted octanol–water partition coefficient (Wildman–Crippen LogP) is 5.39. The van der Waals surface area contributed by atoms with Gasteiger partial charge >= 0.3 is 5.97 Å². The van der Waals surface area contributed by atoms with Crippen LogP contribution in [-0.4, -0.2) is 38.9 Å². The Morgan fingerprint density at radius 3 is 2.68 bits per heavy atom. The Labute approximate surface area is 216 Å². The third-order valence-electron chi connectivity index (χ3n) is 7.09. The first-order valence-corrected chi connectivity index (χ1v) is 12.2. The van der Waals surface area contributed by atoms with Crippen LogP contribution in [0.5, 0.6) is 0 Å². The van der Waals surface area contributed by atoms with Crippen molar-refractivity contribution in [2.45, 2.75) is 6.04 Å². The molecule has 0 aliphatic heterocycles. The molecule has 38 heavy (non-hydrogen) atoms. The maximum absolute atomic E-state index is 13.5. The molecule has 1 amide bonds. The van der Waals surface area contributed by atoms with E-state index in [-0.39, 0.29) is 11.9 Å². The number of amides is 1. The van der Waals surface area contributed by atoms with E-state index < -0.39 is 5.97 Å². The number of aromatic nitrogens is 4. The topological polar surface area (TPSA) is 113 Å². The SMILES string of the molecule is COC(=O)c1ccc2nc(-c3cccc4c3-c3ccccc3C4NC(=O)c3ccnc4[nH]ccc34)[nH]c2c1. The second kappa shape index (κ2) is 8.41. The minimum atomic E-state index is -0.401. The van der Waals surface area contributed by atoms with Crippen LogP contribution in [-0.2, 0) is 4.74 Å². The van der Waals surface area contributed by atoms with Crippen LogP contribution < -0.4 is 5.32 Å². The van der Waals surface area contributed by atoms with Crippen LogP contribution in [0.2, 0.25) is 0 Å². The molecule has 0 spiro atoms. The van der Waals surface area contributed by atoms with Crippen molar-refractivity contribution in [3.05, 3.63) is 107 Å². The first-order valence-electron chi connectivity index (χ1n) is 12.2. The first-order chi connectivity index (χ1) is 18.6. The fourth-order valence-electron chi connectivity index (χ4n) is 5.36. The summed E-state index contributed by atoms with van der Waals surface area (Å²) >= 11 is 0. The highest BCUT2D eigenvalue weighted by Gasteiger charge is 2.32. The van der Waals surface area contributed by atoms with Crippen molar-refractivity contribution in [3.63, 3.8) is 0 Å². The van der Waals surface area contributed by atoms with E-state index in [0.717, 1.165) is 44.2 Å². The molecule has 0 fully saturated rings. The van der Waals surface area contributed by atoms with Gasteiger partial charge in [0.25, 0.3) is 5.91 Å². The summed E-state index contributed by atoms with van der Waals surface area (Å²) in [5.74, 6) is 0.111. The van der Waals surface area contributed by atoms with Gasteiger partial charge in [0, 0.05) is 23.3 Å². The number of aromatic amines is 2. The standard InChI is InChI=1S/C30H21N5O3/c1-38-30(37)16-9-10-23-24(15-16)34-28(33-23)22-8-4-7-21-25(22)17-5-2-3-6-18(17)26(21)35-29(36)20-12-14-32-27-19(20)11-13-31-27/h2-15,26H,1H3,(H,31,32)(H,33,34)(H,35,36). The summed E-state index contributed by atoms with van der Waals surface area (Å²) in [6.07, 6.45) is 3.41. The number of nitrogens with zero attached hydrogens (tertiary/aromatic N) is 2. The lowest BCUT2D eigenvalue weighted by Gasteiger charge is -2.16. The highest BCUT2D eigenvalue weighted by Crippen LogP contribution is 2.47. The predicted molar refractivity (Wildman–Crippen MR) is 144 cm³/mol. The van der Waals surface area contributed by atoms with Gasteiger partial charge < -0.3 is 20.0 Å². The van der Waals surface area contributed by atoms with Crippen molar-refractivity contribution in [1.82, 2.24) is 25.3 Å². The second-order valence-electron chi connectivity index (χ2n) is 9.17. The van der Waals surface area contributed by atoms with E-state index in [2.05, 4.69) is 26.3 Å². The molecule has 0 radical (unpaired) electrons. The molecule has 1 aliphatic carbocycles. The van der Waals surface area contributed by atoms with Gasteiger partial charge in [-0.05, 0) is 52.6 Å². The van der Waals surface area contributed by atoms with Gasteiger partial charge in [0.15, 0.2) is 0 Å². The van der Waals surface area contributed by atoms with Gasteiger partial charge in [-0.1, -0.05) is 42.5 Å². The molecule has 3 aromatic carbocycles. The van der Waals surface area contributed by atoms with E-state index in [1.54, 1.807) is 36.7 Å². The van der Waals surface area contributed by atoms with E-state index in [0.29, 0.717) is 22.6 Å². The van der Waals surface area contributed by atoms with Gasteiger partial charge in [0.1, 0.15) is 11.5 Å². The second-order valence-corrected chi connectivity index (χ2v) is 9.17. The molecule has 8 nitrogen and oxygen atoms in total. The first kappa shape index (κ1) is 22.0. The summed E-state index contributed by atoms with van der Waals surface area (Å²) in [5, 5.41) is 4.04. The Morgan fingerprint density at radius 2 is 1.79 bits per heavy atom. The molecular formula is C30H21N5O3. The summed E-state index contributed by atoms with van der Waals surface area (Å²) in [4.78, 5) is 41.1. The lowest BCUT2D eigenvalue weighted by Crippen LogP contribution is -2.28. The number of hydrogen-bond acceptors (Lipinski definition) is 5. The Balaban J connectivity index is 1.33. The molecule has 0 saturated carbocycles. The van der Waals surface area contributed by atoms with Gasteiger partial charge in [-0.15, -0.1) is 0 Å². The van der Waals surface area contributed by atoms with Crippen molar-refractivity contribution in [1.29, 1.82) is 0 Å². The summed E-state index contributed by atoms with van der Waals surface area (Å²) < 4.78 is 4.86. The van der Waals surface area contributed by atoms with Crippen LogP contribution >= 0.6 is 0 Å². The van der Waals surface area contributed by atoms with Gasteiger partial charge in [-0.2, -0.15) is 0 Å². The van der Waals surface area contributed by atoms with Crippen LogP contribution in [0.3, 0.4) is 0 Å². The van der Waals surface area contributed by atoms with Crippen molar-refractivity contribution in [2.24, 2.45) is 0 Å². The Kier molecular flexibility index (Phi) is 4.87. The smallest absolute Gasteiger partial charge is 0.337 e. The number of methoxy groups -OCH3 is 1. The number of pyridine rings is 1. The fourth-order valence-corrected chi connectivity index (χ4v) is 5.36. The van der Waals surface area contributed by atoms with Crippen LogP contribution in [0.1, 0.15) is 37.9 Å². The van der Waals surface area contributed by atoms with Gasteiger partial charge in [-0.25, -0.2) is 14.8 Å². The van der Waals surface area contributed by atoms with Gasteiger partial charge in [0.2, 0.25) is 0 Å². The highest BCUT2D eigenvalue weighted by molar-refractivity contribution is 6.06. The third kappa shape index (κ3) is 3.31. The minimum absolute atomic E-state index is 0.172. The minimum Gasteiger partial charge on any atom is -0.465 e. The fraction of sp³-hybridized carbons (Fsp3) is 0.0667. The van der Waals surface area contributed by atoms with Crippen LogP contribution in [0, 0.1) is 0 Å². The van der Waals surface area contributed by atoms with Gasteiger partial charge in [0.05, 0.1) is 35.3 Å². The van der Waals surface area contributed by atoms with Crippen molar-refractivity contribution in [3.8, 4) is 22.5 Å². The van der Waals surface area contributed by atoms with E-state index in [1.807, 2.05) is 42.5 Å². The molecule has 7 rings (SSSR count). The number of rotatable bonds is 4. The summed E-state index contributed by atoms with van der Waals surface area (Å²) in [7, 11) is 1.36. The molecule has 3 N–H and O–H groups in total. The van der Waals surface area contributed by atoms with Crippen molar-refractivity contribution >= 4 is 33.9 Å². The highest BCUT2D eigenvalue weighted by atomic mass is 16.5. The Hall–Kier alpha value is -5.24. The molecule has 0 bridgehead atoms. The van der Waals surface area contributed by atoms with Crippen LogP contribution in [0.15, 0.2) is 85.2 Å². The molecule has 184 valence electrons. The lowest BCUT2D eigenvalue weighted by atomic mass is 9.98. The molecule has 1 atom stereocenters. The number of ether oxygens (including phenoxy) is 1. The molecule has 0 saturated heterocycles. The zero-order valence-corrected chi connectivity index (χ0v) is 20.3.